The fraction of sp³-hybridized carbons (Fsp3) is 0. The second-order valence-electron chi connectivity index (χ2n) is 4.54. The molecule has 1 heterocycles. The molecule has 0 aliphatic rings. The van der Waals surface area contributed by atoms with Crippen LogP contribution in [0.3, 0.4) is 0 Å². The number of hydrogen-bond acceptors (Lipinski definition) is 4. The minimum absolute atomic E-state index is 0.00412. The van der Waals surface area contributed by atoms with Crippen LogP contribution in [0.2, 0.25) is 0 Å². The molecule has 110 valence electrons. The zero-order valence-electron chi connectivity index (χ0n) is 11.3. The Balaban J connectivity index is 2.05. The van der Waals surface area contributed by atoms with Crippen LogP contribution in [0.15, 0.2) is 64.2 Å². The third-order valence-corrected chi connectivity index (χ3v) is 3.11. The summed E-state index contributed by atoms with van der Waals surface area (Å²) in [7, 11) is 0. The zero-order valence-corrected chi connectivity index (χ0v) is 11.3. The average molecular weight is 298 g/mol. The Morgan fingerprint density at radius 3 is 2.64 bits per heavy atom. The van der Waals surface area contributed by atoms with Crippen LogP contribution in [0.25, 0.3) is 11.0 Å². The van der Waals surface area contributed by atoms with Gasteiger partial charge in [0.2, 0.25) is 0 Å². The van der Waals surface area contributed by atoms with Gasteiger partial charge in [-0.1, -0.05) is 30.3 Å². The summed E-state index contributed by atoms with van der Waals surface area (Å²) < 4.78 is 19.0. The lowest BCUT2D eigenvalue weighted by molar-refractivity contribution is 0.102. The van der Waals surface area contributed by atoms with Crippen LogP contribution in [0.1, 0.15) is 10.4 Å². The fourth-order valence-electron chi connectivity index (χ4n) is 2.06. The van der Waals surface area contributed by atoms with Crippen LogP contribution < -0.4 is 10.9 Å². The first-order valence-electron chi connectivity index (χ1n) is 6.46. The topological polar surface area (TPSA) is 74.8 Å². The van der Waals surface area contributed by atoms with Crippen molar-refractivity contribution in [1.29, 1.82) is 0 Å². The molecular formula is C16H11FN2O3. The van der Waals surface area contributed by atoms with E-state index in [-0.39, 0.29) is 16.8 Å². The van der Waals surface area contributed by atoms with Crippen LogP contribution in [0, 0.1) is 5.82 Å². The molecule has 0 aliphatic carbocycles. The van der Waals surface area contributed by atoms with Crippen molar-refractivity contribution in [2.75, 3.05) is 5.32 Å². The largest absolute Gasteiger partial charge is 0.435 e. The molecule has 0 radical (unpaired) electrons. The summed E-state index contributed by atoms with van der Waals surface area (Å²) in [6, 6.07) is 14.3. The fourth-order valence-corrected chi connectivity index (χ4v) is 2.06. The molecule has 0 saturated carbocycles. The molecule has 0 unspecified atom stereocenters. The van der Waals surface area contributed by atoms with Crippen molar-refractivity contribution in [1.82, 2.24) is 0 Å². The molecule has 3 aromatic rings. The van der Waals surface area contributed by atoms with Gasteiger partial charge in [0.1, 0.15) is 17.0 Å². The highest BCUT2D eigenvalue weighted by Crippen LogP contribution is 2.16. The first-order chi connectivity index (χ1) is 10.7. The van der Waals surface area contributed by atoms with Gasteiger partial charge < -0.3 is 14.9 Å². The van der Waals surface area contributed by atoms with Crippen molar-refractivity contribution in [2.45, 2.75) is 0 Å². The Morgan fingerprint density at radius 2 is 1.86 bits per heavy atom. The number of halogens is 1. The third kappa shape index (κ3) is 2.54. The summed E-state index contributed by atoms with van der Waals surface area (Å²) in [5.74, 6) is -1.19. The molecule has 0 saturated heterocycles. The van der Waals surface area contributed by atoms with E-state index in [2.05, 4.69) is 10.5 Å². The maximum absolute atomic E-state index is 13.6. The molecule has 0 aliphatic heterocycles. The lowest BCUT2D eigenvalue weighted by Gasteiger charge is -2.07. The number of rotatable bonds is 2. The number of amides is 1. The Labute approximate surface area is 124 Å². The molecule has 1 aromatic heterocycles. The van der Waals surface area contributed by atoms with E-state index in [0.29, 0.717) is 11.0 Å². The predicted octanol–water partition coefficient (Wildman–Crippen LogP) is 3.11. The highest BCUT2D eigenvalue weighted by Gasteiger charge is 2.14. The number of benzene rings is 2. The first kappa shape index (κ1) is 13.8. The highest BCUT2D eigenvalue weighted by atomic mass is 19.1. The van der Waals surface area contributed by atoms with Crippen LogP contribution >= 0.6 is 0 Å². The van der Waals surface area contributed by atoms with Gasteiger partial charge in [-0.15, -0.1) is 0 Å². The molecule has 22 heavy (non-hydrogen) atoms. The van der Waals surface area contributed by atoms with E-state index in [1.165, 1.54) is 24.3 Å². The predicted molar refractivity (Wildman–Crippen MR) is 77.9 cm³/mol. The molecule has 0 bridgehead atoms. The van der Waals surface area contributed by atoms with Gasteiger partial charge in [-0.3, -0.25) is 4.79 Å². The van der Waals surface area contributed by atoms with Gasteiger partial charge in [-0.05, 0) is 29.4 Å². The van der Waals surface area contributed by atoms with Crippen LogP contribution in [0.5, 0.6) is 0 Å². The van der Waals surface area contributed by atoms with Crippen LogP contribution in [0.4, 0.5) is 10.1 Å². The van der Waals surface area contributed by atoms with Crippen LogP contribution in [-0.2, 0) is 0 Å². The molecule has 3 rings (SSSR count). The summed E-state index contributed by atoms with van der Waals surface area (Å²) in [6.07, 6.45) is 0. The van der Waals surface area contributed by atoms with Crippen molar-refractivity contribution in [3.8, 4) is 0 Å². The summed E-state index contributed by atoms with van der Waals surface area (Å²) in [4.78, 5) is 12.3. The van der Waals surface area contributed by atoms with Gasteiger partial charge in [0.25, 0.3) is 11.5 Å². The van der Waals surface area contributed by atoms with E-state index < -0.39 is 11.7 Å². The Bertz CT molecular complexity index is 918. The Kier molecular flexibility index (Phi) is 3.57. The monoisotopic (exact) mass is 298 g/mol. The highest BCUT2D eigenvalue weighted by molar-refractivity contribution is 6.05. The van der Waals surface area contributed by atoms with Crippen molar-refractivity contribution < 1.29 is 18.8 Å². The van der Waals surface area contributed by atoms with E-state index in [0.717, 1.165) is 0 Å². The second-order valence-corrected chi connectivity index (χ2v) is 4.54. The van der Waals surface area contributed by atoms with Crippen molar-refractivity contribution in [3.63, 3.8) is 0 Å². The smallest absolute Gasteiger partial charge is 0.268 e. The van der Waals surface area contributed by atoms with E-state index in [1.54, 1.807) is 30.3 Å². The van der Waals surface area contributed by atoms with E-state index in [4.69, 9.17) is 9.62 Å². The number of para-hydroxylation sites is 2. The maximum atomic E-state index is 13.6. The standard InChI is InChI=1S/C16H11FN2O3/c17-12-6-2-3-7-13(12)18-15(20)11-9-10-5-1-4-8-14(10)22-16(11)19-21/h1-9,21H,(H,18,20)/b19-16+. The van der Waals surface area contributed by atoms with Crippen molar-refractivity contribution >= 4 is 22.6 Å². The van der Waals surface area contributed by atoms with Crippen molar-refractivity contribution in [3.05, 3.63) is 71.5 Å². The second kappa shape index (κ2) is 5.69. The Morgan fingerprint density at radius 1 is 1.14 bits per heavy atom. The van der Waals surface area contributed by atoms with Gasteiger partial charge >= 0.3 is 0 Å². The lowest BCUT2D eigenvalue weighted by atomic mass is 10.1. The molecule has 0 fully saturated rings. The number of carbonyl (C=O) groups excluding carboxylic acids is 1. The maximum Gasteiger partial charge on any atom is 0.268 e. The normalized spacial score (nSPS) is 11.6. The minimum Gasteiger partial charge on any atom is -0.435 e. The summed E-state index contributed by atoms with van der Waals surface area (Å²) in [5.41, 5.74) is 0.263. The molecule has 6 heteroatoms. The number of fused-ring (bicyclic) bond motifs is 1. The number of anilines is 1. The molecule has 2 aromatic carbocycles. The summed E-state index contributed by atoms with van der Waals surface area (Å²) in [5, 5.41) is 15.1. The number of nitrogens with zero attached hydrogens (tertiary/aromatic N) is 1. The van der Waals surface area contributed by atoms with Gasteiger partial charge in [-0.25, -0.2) is 4.39 Å². The SMILES string of the molecule is O=C(Nc1ccccc1F)c1cc2ccccc2o/c1=N/O. The quantitative estimate of drug-likeness (QED) is 0.564. The third-order valence-electron chi connectivity index (χ3n) is 3.11. The zero-order chi connectivity index (χ0) is 15.5. The van der Waals surface area contributed by atoms with E-state index >= 15 is 0 Å². The van der Waals surface area contributed by atoms with Gasteiger partial charge in [0.05, 0.1) is 5.69 Å². The molecular weight excluding hydrogens is 287 g/mol. The minimum atomic E-state index is -0.632. The van der Waals surface area contributed by atoms with Crippen molar-refractivity contribution in [2.24, 2.45) is 5.16 Å². The van der Waals surface area contributed by atoms with E-state index in [1.807, 2.05) is 0 Å². The van der Waals surface area contributed by atoms with Crippen LogP contribution in [-0.4, -0.2) is 11.1 Å². The number of carbonyl (C=O) groups is 1. The Hall–Kier alpha value is -3.15. The van der Waals surface area contributed by atoms with Gasteiger partial charge in [0, 0.05) is 5.39 Å². The van der Waals surface area contributed by atoms with Gasteiger partial charge in [-0.2, -0.15) is 0 Å². The molecule has 2 N–H and O–H groups in total. The first-order valence-corrected chi connectivity index (χ1v) is 6.46. The van der Waals surface area contributed by atoms with E-state index in [9.17, 15) is 9.18 Å². The summed E-state index contributed by atoms with van der Waals surface area (Å²) in [6.45, 7) is 0. The number of hydrogen-bond donors (Lipinski definition) is 2. The van der Waals surface area contributed by atoms with Gasteiger partial charge in [0.15, 0.2) is 0 Å². The molecule has 5 nitrogen and oxygen atoms in total. The number of nitrogens with one attached hydrogen (secondary N) is 1. The average Bonchev–Trinajstić information content (AvgIpc) is 2.55. The molecule has 0 atom stereocenters. The molecule has 0 spiro atoms. The molecule has 1 amide bonds. The summed E-state index contributed by atoms with van der Waals surface area (Å²) >= 11 is 0. The lowest BCUT2D eigenvalue weighted by Crippen LogP contribution is -2.22.